The third kappa shape index (κ3) is 5.35. The summed E-state index contributed by atoms with van der Waals surface area (Å²) in [5, 5.41) is 7.16. The highest BCUT2D eigenvalue weighted by molar-refractivity contribution is 6.14. The maximum absolute atomic E-state index is 13.0. The lowest BCUT2D eigenvalue weighted by atomic mass is 10.1. The molecular weight excluding hydrogens is 463 g/mol. The number of methoxy groups -OCH3 is 1. The summed E-state index contributed by atoms with van der Waals surface area (Å²) in [4.78, 5) is 17.5. The monoisotopic (exact) mass is 483 g/mol. The first-order valence-electron chi connectivity index (χ1n) is 10.3. The van der Waals surface area contributed by atoms with Crippen molar-refractivity contribution in [1.29, 1.82) is 0 Å². The molecule has 11 heteroatoms. The number of rotatable bonds is 7. The molecule has 0 spiro atoms. The lowest BCUT2D eigenvalue weighted by Crippen LogP contribution is -2.20. The summed E-state index contributed by atoms with van der Waals surface area (Å²) in [5.41, 5.74) is 8.02. The van der Waals surface area contributed by atoms with Crippen LogP contribution in [0.4, 0.5) is 13.2 Å². The Bertz CT molecular complexity index is 1440. The van der Waals surface area contributed by atoms with Crippen LogP contribution in [0, 0.1) is 0 Å². The van der Waals surface area contributed by atoms with Gasteiger partial charge in [-0.1, -0.05) is 12.1 Å². The van der Waals surface area contributed by atoms with Gasteiger partial charge in [-0.15, -0.1) is 13.2 Å². The number of nitrogens with two attached hydrogens (primary N) is 1. The van der Waals surface area contributed by atoms with Crippen molar-refractivity contribution in [1.82, 2.24) is 14.8 Å². The molecule has 3 N–H and O–H groups in total. The fourth-order valence-electron chi connectivity index (χ4n) is 3.44. The molecule has 0 saturated heterocycles. The number of hydrogen-bond acceptors (Lipinski definition) is 6. The number of nitrogens with zero attached hydrogens (tertiary/aromatic N) is 3. The molecule has 0 aliphatic carbocycles. The molecule has 8 nitrogen and oxygen atoms in total. The van der Waals surface area contributed by atoms with E-state index in [1.165, 1.54) is 35.3 Å². The molecule has 35 heavy (non-hydrogen) atoms. The smallest absolute Gasteiger partial charge is 0.497 e. The van der Waals surface area contributed by atoms with Gasteiger partial charge in [0.1, 0.15) is 17.0 Å². The zero-order chi connectivity index (χ0) is 25.0. The number of aromatic nitrogens is 3. The van der Waals surface area contributed by atoms with Crippen molar-refractivity contribution in [2.24, 2.45) is 10.7 Å². The summed E-state index contributed by atoms with van der Waals surface area (Å²) in [6, 6.07) is 12.4. The highest BCUT2D eigenvalue weighted by Gasteiger charge is 2.31. The van der Waals surface area contributed by atoms with E-state index < -0.39 is 17.7 Å². The van der Waals surface area contributed by atoms with Crippen molar-refractivity contribution < 1.29 is 22.6 Å². The minimum absolute atomic E-state index is 0.209. The lowest BCUT2D eigenvalue weighted by Gasteiger charge is -2.12. The molecule has 0 atom stereocenters. The van der Waals surface area contributed by atoms with E-state index in [0.717, 1.165) is 23.4 Å². The molecule has 0 radical (unpaired) electrons. The van der Waals surface area contributed by atoms with Gasteiger partial charge in [0.25, 0.3) is 5.56 Å². The zero-order valence-electron chi connectivity index (χ0n) is 18.4. The first-order chi connectivity index (χ1) is 16.8. The molecule has 0 unspecified atom stereocenters. The zero-order valence-corrected chi connectivity index (χ0v) is 18.4. The number of pyridine rings is 1. The van der Waals surface area contributed by atoms with E-state index in [4.69, 9.17) is 10.5 Å². The van der Waals surface area contributed by atoms with Gasteiger partial charge in [0.15, 0.2) is 0 Å². The quantitative estimate of drug-likeness (QED) is 0.383. The van der Waals surface area contributed by atoms with E-state index >= 15 is 0 Å². The molecule has 2 heterocycles. The van der Waals surface area contributed by atoms with Crippen LogP contribution in [0.15, 0.2) is 76.9 Å². The Morgan fingerprint density at radius 3 is 2.46 bits per heavy atom. The fourth-order valence-corrected chi connectivity index (χ4v) is 3.44. The second kappa shape index (κ2) is 9.75. The molecule has 2 aromatic heterocycles. The Morgan fingerprint density at radius 1 is 1.14 bits per heavy atom. The summed E-state index contributed by atoms with van der Waals surface area (Å²) in [6.07, 6.45) is 1.16. The highest BCUT2D eigenvalue weighted by Crippen LogP contribution is 2.25. The Hall–Kier alpha value is -4.54. The molecule has 0 bridgehead atoms. The number of alkyl halides is 3. The Balaban J connectivity index is 1.67. The van der Waals surface area contributed by atoms with Crippen molar-refractivity contribution in [3.63, 3.8) is 0 Å². The number of H-pyrrole nitrogens is 1. The van der Waals surface area contributed by atoms with Gasteiger partial charge in [0, 0.05) is 40.8 Å². The molecular formula is C24H20F3N5O3. The van der Waals surface area contributed by atoms with E-state index in [1.807, 2.05) is 24.3 Å². The van der Waals surface area contributed by atoms with Crippen LogP contribution < -0.4 is 20.8 Å². The first-order valence-corrected chi connectivity index (χ1v) is 10.3. The number of allylic oxidation sites excluding steroid dienone is 1. The van der Waals surface area contributed by atoms with Gasteiger partial charge in [-0.2, -0.15) is 5.10 Å². The first kappa shape index (κ1) is 23.6. The second-order valence-corrected chi connectivity index (χ2v) is 7.36. The van der Waals surface area contributed by atoms with Gasteiger partial charge in [0.2, 0.25) is 0 Å². The molecule has 0 saturated carbocycles. The van der Waals surface area contributed by atoms with Crippen molar-refractivity contribution >= 4 is 22.7 Å². The third-order valence-electron chi connectivity index (χ3n) is 5.12. The van der Waals surface area contributed by atoms with E-state index in [9.17, 15) is 18.0 Å². The number of hydrogen-bond donors (Lipinski definition) is 2. The summed E-state index contributed by atoms with van der Waals surface area (Å²) >= 11 is 0. The van der Waals surface area contributed by atoms with Crippen molar-refractivity contribution in [3.8, 4) is 17.2 Å². The maximum atomic E-state index is 13.0. The standard InChI is InChI=1S/C24H20F3N5O3/c1-34-18-6-2-15(3-7-18)11-29-12-16(10-28)21-14-32(23(33)22-20(21)13-30-31-22)17-4-8-19(9-5-17)35-24(25,26)27/h2-10,12-14H,11,28H2,1H3,(H,30,31). The van der Waals surface area contributed by atoms with Crippen LogP contribution in [0.1, 0.15) is 11.1 Å². The summed E-state index contributed by atoms with van der Waals surface area (Å²) in [6.45, 7) is 0.385. The molecule has 4 rings (SSSR count). The van der Waals surface area contributed by atoms with Crippen LogP contribution in [0.3, 0.4) is 0 Å². The molecule has 0 aliphatic heterocycles. The van der Waals surface area contributed by atoms with Gasteiger partial charge < -0.3 is 15.2 Å². The topological polar surface area (TPSA) is 108 Å². The van der Waals surface area contributed by atoms with Crippen LogP contribution in [0.5, 0.6) is 11.5 Å². The average molecular weight is 483 g/mol. The number of aromatic amines is 1. The van der Waals surface area contributed by atoms with Crippen LogP contribution in [-0.4, -0.2) is 34.5 Å². The van der Waals surface area contributed by atoms with Crippen LogP contribution >= 0.6 is 0 Å². The molecule has 0 fully saturated rings. The number of fused-ring (bicyclic) bond motifs is 1. The lowest BCUT2D eigenvalue weighted by molar-refractivity contribution is -0.274. The fraction of sp³-hybridized carbons (Fsp3) is 0.125. The van der Waals surface area contributed by atoms with Gasteiger partial charge in [-0.25, -0.2) is 0 Å². The van der Waals surface area contributed by atoms with E-state index in [0.29, 0.717) is 28.8 Å². The average Bonchev–Trinajstić information content (AvgIpc) is 3.33. The van der Waals surface area contributed by atoms with Crippen molar-refractivity contribution in [2.45, 2.75) is 12.9 Å². The van der Waals surface area contributed by atoms with Crippen LogP contribution in [0.25, 0.3) is 22.2 Å². The SMILES string of the molecule is COc1ccc(CN=CC(=CN)c2cn(-c3ccc(OC(F)(F)F)cc3)c(=O)c3[nH]ncc23)cc1. The van der Waals surface area contributed by atoms with Crippen molar-refractivity contribution in [3.05, 3.63) is 88.6 Å². The van der Waals surface area contributed by atoms with Crippen LogP contribution in [-0.2, 0) is 6.54 Å². The predicted octanol–water partition coefficient (Wildman–Crippen LogP) is 4.19. The Kier molecular flexibility index (Phi) is 6.58. The largest absolute Gasteiger partial charge is 0.573 e. The minimum atomic E-state index is -4.81. The van der Waals surface area contributed by atoms with Gasteiger partial charge in [0.05, 0.1) is 19.9 Å². The maximum Gasteiger partial charge on any atom is 0.573 e. The summed E-state index contributed by atoms with van der Waals surface area (Å²) < 4.78 is 47.7. The highest BCUT2D eigenvalue weighted by atomic mass is 19.4. The third-order valence-corrected chi connectivity index (χ3v) is 5.12. The molecule has 0 aliphatic rings. The van der Waals surface area contributed by atoms with E-state index in [2.05, 4.69) is 19.9 Å². The number of aliphatic imine (C=N–C) groups is 1. The van der Waals surface area contributed by atoms with Crippen LogP contribution in [0.2, 0.25) is 0 Å². The molecule has 0 amide bonds. The second-order valence-electron chi connectivity index (χ2n) is 7.36. The minimum Gasteiger partial charge on any atom is -0.497 e. The summed E-state index contributed by atoms with van der Waals surface area (Å²) in [5.74, 6) is 0.341. The molecule has 180 valence electrons. The molecule has 2 aromatic carbocycles. The predicted molar refractivity (Wildman–Crippen MR) is 126 cm³/mol. The van der Waals surface area contributed by atoms with E-state index in [1.54, 1.807) is 13.3 Å². The van der Waals surface area contributed by atoms with Gasteiger partial charge >= 0.3 is 6.36 Å². The normalized spacial score (nSPS) is 12.4. The molecule has 4 aromatic rings. The number of ether oxygens (including phenoxy) is 2. The Morgan fingerprint density at radius 2 is 1.83 bits per heavy atom. The number of benzene rings is 2. The number of halogens is 3. The summed E-state index contributed by atoms with van der Waals surface area (Å²) in [7, 11) is 1.59. The van der Waals surface area contributed by atoms with Crippen molar-refractivity contribution in [2.75, 3.05) is 7.11 Å². The van der Waals surface area contributed by atoms with E-state index in [-0.39, 0.29) is 5.52 Å². The number of nitrogens with one attached hydrogen (secondary N) is 1. The van der Waals surface area contributed by atoms with Gasteiger partial charge in [-0.3, -0.25) is 19.5 Å². The van der Waals surface area contributed by atoms with Gasteiger partial charge in [-0.05, 0) is 42.0 Å². The Labute approximate surface area is 197 Å².